The normalized spacial score (nSPS) is 9.38. The summed E-state index contributed by atoms with van der Waals surface area (Å²) in [6, 6.07) is 5.69. The number of para-hydroxylation sites is 1. The molecule has 0 aliphatic rings. The number of hydrogen-bond donors (Lipinski definition) is 0. The zero-order valence-corrected chi connectivity index (χ0v) is 7.12. The van der Waals surface area contributed by atoms with E-state index in [9.17, 15) is 9.18 Å². The largest absolute Gasteiger partial charge is 0.355 e. The molecule has 0 aromatic heterocycles. The van der Waals surface area contributed by atoms with Gasteiger partial charge in [-0.15, -0.1) is 0 Å². The topological polar surface area (TPSA) is 35.5 Å². The minimum Gasteiger partial charge on any atom is -0.284 e. The van der Waals surface area contributed by atoms with Gasteiger partial charge in [-0.25, -0.2) is 9.18 Å². The zero-order chi connectivity index (χ0) is 9.68. The van der Waals surface area contributed by atoms with Crippen molar-refractivity contribution in [3.8, 4) is 5.75 Å². The van der Waals surface area contributed by atoms with Crippen molar-refractivity contribution in [3.05, 3.63) is 30.1 Å². The number of benzene rings is 1. The van der Waals surface area contributed by atoms with E-state index in [0.717, 1.165) is 0 Å². The fraction of sp³-hybridized carbons (Fsp3) is 0.222. The molecule has 0 radical (unpaired) electrons. The van der Waals surface area contributed by atoms with E-state index in [-0.39, 0.29) is 12.2 Å². The third-order valence-corrected chi connectivity index (χ3v) is 1.35. The molecular weight excluding hydrogens is 175 g/mol. The van der Waals surface area contributed by atoms with Crippen molar-refractivity contribution in [2.75, 3.05) is 0 Å². The summed E-state index contributed by atoms with van der Waals surface area (Å²) in [6.07, 6.45) is 0.189. The number of carbonyl (C=O) groups is 1. The smallest absolute Gasteiger partial charge is 0.284 e. The van der Waals surface area contributed by atoms with Gasteiger partial charge in [0.15, 0.2) is 5.82 Å². The average Bonchev–Trinajstić information content (AvgIpc) is 2.16. The average molecular weight is 184 g/mol. The molecule has 0 aliphatic carbocycles. The minimum absolute atomic E-state index is 0.0932. The number of halogens is 1. The minimum atomic E-state index is -0.564. The molecule has 70 valence electrons. The first-order valence-electron chi connectivity index (χ1n) is 3.86. The molecule has 0 heterocycles. The lowest BCUT2D eigenvalue weighted by Crippen LogP contribution is -2.06. The molecule has 0 atom stereocenters. The van der Waals surface area contributed by atoms with Crippen LogP contribution in [0.1, 0.15) is 13.3 Å². The van der Waals surface area contributed by atoms with E-state index >= 15 is 0 Å². The van der Waals surface area contributed by atoms with Crippen LogP contribution in [-0.4, -0.2) is 5.97 Å². The molecule has 1 rings (SSSR count). The molecule has 0 aliphatic heterocycles. The van der Waals surface area contributed by atoms with Gasteiger partial charge in [-0.1, -0.05) is 19.1 Å². The second-order valence-electron chi connectivity index (χ2n) is 2.32. The van der Waals surface area contributed by atoms with Gasteiger partial charge in [0.1, 0.15) is 0 Å². The van der Waals surface area contributed by atoms with Crippen molar-refractivity contribution >= 4 is 5.97 Å². The SMILES string of the molecule is CCC(=O)OOc1ccccc1F. The Balaban J connectivity index is 2.54. The Bertz CT molecular complexity index is 299. The Morgan fingerprint density at radius 1 is 1.46 bits per heavy atom. The molecule has 0 saturated carbocycles. The third-order valence-electron chi connectivity index (χ3n) is 1.35. The van der Waals surface area contributed by atoms with Crippen molar-refractivity contribution in [1.82, 2.24) is 0 Å². The van der Waals surface area contributed by atoms with Gasteiger partial charge in [0, 0.05) is 6.42 Å². The molecule has 3 nitrogen and oxygen atoms in total. The number of rotatable bonds is 3. The van der Waals surface area contributed by atoms with E-state index in [2.05, 4.69) is 9.78 Å². The van der Waals surface area contributed by atoms with Crippen LogP contribution in [0.4, 0.5) is 4.39 Å². The Morgan fingerprint density at radius 3 is 2.77 bits per heavy atom. The van der Waals surface area contributed by atoms with E-state index in [4.69, 9.17) is 0 Å². The predicted molar refractivity (Wildman–Crippen MR) is 43.4 cm³/mol. The Hall–Kier alpha value is -1.58. The Kier molecular flexibility index (Phi) is 3.25. The van der Waals surface area contributed by atoms with Gasteiger partial charge in [0.05, 0.1) is 0 Å². The van der Waals surface area contributed by atoms with E-state index in [0.29, 0.717) is 0 Å². The highest BCUT2D eigenvalue weighted by atomic mass is 19.1. The van der Waals surface area contributed by atoms with Crippen molar-refractivity contribution in [1.29, 1.82) is 0 Å². The molecular formula is C9H9FO3. The lowest BCUT2D eigenvalue weighted by atomic mass is 10.3. The van der Waals surface area contributed by atoms with Crippen LogP contribution in [0.2, 0.25) is 0 Å². The summed E-state index contributed by atoms with van der Waals surface area (Å²) in [6.45, 7) is 1.62. The fourth-order valence-corrected chi connectivity index (χ4v) is 0.663. The fourth-order valence-electron chi connectivity index (χ4n) is 0.663. The first-order valence-corrected chi connectivity index (χ1v) is 3.86. The monoisotopic (exact) mass is 184 g/mol. The summed E-state index contributed by atoms with van der Waals surface area (Å²) in [5.74, 6) is -1.20. The van der Waals surface area contributed by atoms with E-state index in [1.807, 2.05) is 0 Å². The summed E-state index contributed by atoms with van der Waals surface area (Å²) < 4.78 is 12.8. The summed E-state index contributed by atoms with van der Waals surface area (Å²) in [7, 11) is 0. The van der Waals surface area contributed by atoms with Gasteiger partial charge in [-0.3, -0.25) is 9.78 Å². The highest BCUT2D eigenvalue weighted by Gasteiger charge is 2.05. The zero-order valence-electron chi connectivity index (χ0n) is 7.12. The lowest BCUT2D eigenvalue weighted by molar-refractivity contribution is -0.214. The molecule has 13 heavy (non-hydrogen) atoms. The molecule has 1 aromatic rings. The van der Waals surface area contributed by atoms with Gasteiger partial charge < -0.3 is 0 Å². The Morgan fingerprint density at radius 2 is 2.15 bits per heavy atom. The third kappa shape index (κ3) is 2.74. The summed E-state index contributed by atoms with van der Waals surface area (Å²) in [5, 5.41) is 0. The van der Waals surface area contributed by atoms with Crippen LogP contribution in [0.3, 0.4) is 0 Å². The summed E-state index contributed by atoms with van der Waals surface area (Å²) in [4.78, 5) is 19.4. The van der Waals surface area contributed by atoms with Gasteiger partial charge in [0.25, 0.3) is 0 Å². The first-order chi connectivity index (χ1) is 6.24. The van der Waals surface area contributed by atoms with Gasteiger partial charge in [0.2, 0.25) is 5.75 Å². The second kappa shape index (κ2) is 4.45. The van der Waals surface area contributed by atoms with Crippen molar-refractivity contribution in [2.45, 2.75) is 13.3 Å². The maximum absolute atomic E-state index is 12.8. The number of carbonyl (C=O) groups excluding carboxylic acids is 1. The van der Waals surface area contributed by atoms with Crippen LogP contribution in [0.15, 0.2) is 24.3 Å². The molecule has 0 amide bonds. The van der Waals surface area contributed by atoms with Crippen LogP contribution in [0.25, 0.3) is 0 Å². The van der Waals surface area contributed by atoms with E-state index < -0.39 is 11.8 Å². The standard InChI is InChI=1S/C9H9FO3/c1-2-9(11)13-12-8-6-4-3-5-7(8)10/h3-6H,2H2,1H3. The van der Waals surface area contributed by atoms with Gasteiger partial charge in [-0.05, 0) is 12.1 Å². The summed E-state index contributed by atoms with van der Waals surface area (Å²) in [5.41, 5.74) is 0. The molecule has 0 N–H and O–H groups in total. The summed E-state index contributed by atoms with van der Waals surface area (Å²) >= 11 is 0. The molecule has 0 bridgehead atoms. The van der Waals surface area contributed by atoms with Crippen LogP contribution < -0.4 is 4.89 Å². The molecule has 1 aromatic carbocycles. The molecule has 0 spiro atoms. The van der Waals surface area contributed by atoms with E-state index in [1.54, 1.807) is 13.0 Å². The highest BCUT2D eigenvalue weighted by Crippen LogP contribution is 2.15. The second-order valence-corrected chi connectivity index (χ2v) is 2.32. The molecule has 0 fully saturated rings. The number of hydrogen-bond acceptors (Lipinski definition) is 3. The van der Waals surface area contributed by atoms with E-state index in [1.165, 1.54) is 18.2 Å². The maximum atomic E-state index is 12.8. The van der Waals surface area contributed by atoms with Crippen molar-refractivity contribution in [2.24, 2.45) is 0 Å². The first kappa shape index (κ1) is 9.51. The van der Waals surface area contributed by atoms with Crippen molar-refractivity contribution < 1.29 is 19.0 Å². The van der Waals surface area contributed by atoms with Crippen molar-refractivity contribution in [3.63, 3.8) is 0 Å². The maximum Gasteiger partial charge on any atom is 0.355 e. The quantitative estimate of drug-likeness (QED) is 0.532. The molecule has 4 heteroatoms. The van der Waals surface area contributed by atoms with Crippen LogP contribution >= 0.6 is 0 Å². The highest BCUT2D eigenvalue weighted by molar-refractivity contribution is 5.68. The van der Waals surface area contributed by atoms with Gasteiger partial charge in [-0.2, -0.15) is 0 Å². The van der Waals surface area contributed by atoms with Crippen LogP contribution in [0.5, 0.6) is 5.75 Å². The lowest BCUT2D eigenvalue weighted by Gasteiger charge is -2.02. The van der Waals surface area contributed by atoms with Crippen LogP contribution in [-0.2, 0) is 9.68 Å². The van der Waals surface area contributed by atoms with Crippen LogP contribution in [0, 0.1) is 5.82 Å². The molecule has 0 saturated heterocycles. The molecule has 0 unspecified atom stereocenters. The van der Waals surface area contributed by atoms with Gasteiger partial charge >= 0.3 is 5.97 Å². The predicted octanol–water partition coefficient (Wildman–Crippen LogP) is 2.07. The Labute approximate surface area is 75.0 Å².